The van der Waals surface area contributed by atoms with Crippen molar-refractivity contribution in [2.24, 2.45) is 0 Å². The molecule has 0 aliphatic rings. The van der Waals surface area contributed by atoms with Crippen molar-refractivity contribution < 1.29 is 4.39 Å². The van der Waals surface area contributed by atoms with Crippen LogP contribution in [0.3, 0.4) is 0 Å². The van der Waals surface area contributed by atoms with Gasteiger partial charge in [0.25, 0.3) is 0 Å². The molecule has 3 rings (SSSR count). The van der Waals surface area contributed by atoms with Crippen LogP contribution in [0.15, 0.2) is 48.8 Å². The Morgan fingerprint density at radius 2 is 2.04 bits per heavy atom. The molecule has 0 bridgehead atoms. The molecule has 0 saturated heterocycles. The van der Waals surface area contributed by atoms with E-state index in [-0.39, 0.29) is 5.02 Å². The molecular formula is C18H16ClFN4. The molecule has 2 heterocycles. The summed E-state index contributed by atoms with van der Waals surface area (Å²) >= 11 is 5.72. The molecule has 0 atom stereocenters. The van der Waals surface area contributed by atoms with E-state index >= 15 is 0 Å². The lowest BCUT2D eigenvalue weighted by Crippen LogP contribution is -2.08. The summed E-state index contributed by atoms with van der Waals surface area (Å²) in [6.45, 7) is 2.60. The van der Waals surface area contributed by atoms with Crippen LogP contribution in [-0.4, -0.2) is 21.5 Å². The molecule has 1 N–H and O–H groups in total. The fourth-order valence-electron chi connectivity index (χ4n) is 2.30. The van der Waals surface area contributed by atoms with Gasteiger partial charge in [0, 0.05) is 36.3 Å². The molecule has 3 aromatic rings. The SMILES string of the molecule is Cc1cc(NCCc2cccnc2)nc(-c2ccc(Cl)c(F)c2)n1. The summed E-state index contributed by atoms with van der Waals surface area (Å²) in [5.74, 6) is 0.691. The highest BCUT2D eigenvalue weighted by Crippen LogP contribution is 2.23. The van der Waals surface area contributed by atoms with Crippen molar-refractivity contribution in [1.29, 1.82) is 0 Å². The third-order valence-electron chi connectivity index (χ3n) is 3.47. The number of aromatic nitrogens is 3. The summed E-state index contributed by atoms with van der Waals surface area (Å²) in [6, 6.07) is 10.4. The highest BCUT2D eigenvalue weighted by Gasteiger charge is 2.08. The van der Waals surface area contributed by atoms with Gasteiger partial charge in [-0.2, -0.15) is 0 Å². The number of nitrogens with zero attached hydrogens (tertiary/aromatic N) is 3. The first-order valence-corrected chi connectivity index (χ1v) is 7.93. The number of hydrogen-bond donors (Lipinski definition) is 1. The predicted octanol–water partition coefficient (Wildman–Crippen LogP) is 4.29. The number of hydrogen-bond acceptors (Lipinski definition) is 4. The molecular weight excluding hydrogens is 327 g/mol. The van der Waals surface area contributed by atoms with E-state index in [4.69, 9.17) is 11.6 Å². The molecule has 24 heavy (non-hydrogen) atoms. The van der Waals surface area contributed by atoms with Crippen LogP contribution in [0.1, 0.15) is 11.3 Å². The molecule has 4 nitrogen and oxygen atoms in total. The molecule has 122 valence electrons. The monoisotopic (exact) mass is 342 g/mol. The number of pyridine rings is 1. The summed E-state index contributed by atoms with van der Waals surface area (Å²) in [5, 5.41) is 3.36. The third kappa shape index (κ3) is 4.06. The van der Waals surface area contributed by atoms with Gasteiger partial charge in [-0.25, -0.2) is 14.4 Å². The van der Waals surface area contributed by atoms with Crippen LogP contribution in [0.5, 0.6) is 0 Å². The highest BCUT2D eigenvalue weighted by molar-refractivity contribution is 6.30. The van der Waals surface area contributed by atoms with Gasteiger partial charge < -0.3 is 5.32 Å². The maximum Gasteiger partial charge on any atom is 0.161 e. The van der Waals surface area contributed by atoms with E-state index in [9.17, 15) is 4.39 Å². The van der Waals surface area contributed by atoms with Crippen molar-refractivity contribution in [3.8, 4) is 11.4 Å². The van der Waals surface area contributed by atoms with Crippen molar-refractivity contribution >= 4 is 17.4 Å². The Kier molecular flexibility index (Phi) is 5.01. The van der Waals surface area contributed by atoms with Gasteiger partial charge in [0.15, 0.2) is 5.82 Å². The summed E-state index contributed by atoms with van der Waals surface area (Å²) in [6.07, 6.45) is 4.43. The first kappa shape index (κ1) is 16.3. The van der Waals surface area contributed by atoms with Crippen LogP contribution in [0.25, 0.3) is 11.4 Å². The van der Waals surface area contributed by atoms with E-state index in [1.54, 1.807) is 12.3 Å². The van der Waals surface area contributed by atoms with E-state index in [0.717, 1.165) is 24.2 Å². The normalized spacial score (nSPS) is 10.6. The Hall–Kier alpha value is -2.53. The van der Waals surface area contributed by atoms with Crippen LogP contribution in [0.4, 0.5) is 10.2 Å². The smallest absolute Gasteiger partial charge is 0.161 e. The third-order valence-corrected chi connectivity index (χ3v) is 3.78. The second-order valence-electron chi connectivity index (χ2n) is 5.39. The zero-order chi connectivity index (χ0) is 16.9. The van der Waals surface area contributed by atoms with E-state index in [1.807, 2.05) is 31.3 Å². The van der Waals surface area contributed by atoms with Gasteiger partial charge in [-0.3, -0.25) is 4.98 Å². The topological polar surface area (TPSA) is 50.7 Å². The number of rotatable bonds is 5. The molecule has 1 aromatic carbocycles. The average Bonchev–Trinajstić information content (AvgIpc) is 2.58. The minimum atomic E-state index is -0.481. The van der Waals surface area contributed by atoms with Crippen molar-refractivity contribution in [2.75, 3.05) is 11.9 Å². The number of aryl methyl sites for hydroxylation is 1. The Morgan fingerprint density at radius 3 is 2.79 bits per heavy atom. The summed E-state index contributed by atoms with van der Waals surface area (Å²) in [4.78, 5) is 12.9. The Balaban J connectivity index is 1.75. The zero-order valence-electron chi connectivity index (χ0n) is 13.1. The zero-order valence-corrected chi connectivity index (χ0v) is 13.9. The Bertz CT molecular complexity index is 840. The van der Waals surface area contributed by atoms with Gasteiger partial charge in [-0.05, 0) is 43.2 Å². The lowest BCUT2D eigenvalue weighted by molar-refractivity contribution is 0.628. The molecule has 0 unspecified atom stereocenters. The van der Waals surface area contributed by atoms with E-state index < -0.39 is 5.82 Å². The molecule has 6 heteroatoms. The van der Waals surface area contributed by atoms with Crippen molar-refractivity contribution in [3.05, 3.63) is 70.9 Å². The van der Waals surface area contributed by atoms with Gasteiger partial charge >= 0.3 is 0 Å². The number of halogens is 2. The van der Waals surface area contributed by atoms with Crippen molar-refractivity contribution in [3.63, 3.8) is 0 Å². The second-order valence-corrected chi connectivity index (χ2v) is 5.79. The van der Waals surface area contributed by atoms with Crippen molar-refractivity contribution in [1.82, 2.24) is 15.0 Å². The van der Waals surface area contributed by atoms with Crippen LogP contribution in [0, 0.1) is 12.7 Å². The Labute approximate surface area is 144 Å². The first-order chi connectivity index (χ1) is 11.6. The van der Waals surface area contributed by atoms with Crippen molar-refractivity contribution in [2.45, 2.75) is 13.3 Å². The van der Waals surface area contributed by atoms with E-state index in [0.29, 0.717) is 17.2 Å². The fraction of sp³-hybridized carbons (Fsp3) is 0.167. The van der Waals surface area contributed by atoms with E-state index in [2.05, 4.69) is 20.3 Å². The highest BCUT2D eigenvalue weighted by atomic mass is 35.5. The molecule has 0 spiro atoms. The maximum atomic E-state index is 13.6. The quantitative estimate of drug-likeness (QED) is 0.751. The minimum absolute atomic E-state index is 0.0845. The molecule has 0 amide bonds. The largest absolute Gasteiger partial charge is 0.370 e. The summed E-state index contributed by atoms with van der Waals surface area (Å²) in [7, 11) is 0. The van der Waals surface area contributed by atoms with Gasteiger partial charge in [0.2, 0.25) is 0 Å². The molecule has 0 aliphatic carbocycles. The minimum Gasteiger partial charge on any atom is -0.370 e. The summed E-state index contributed by atoms with van der Waals surface area (Å²) < 4.78 is 13.6. The van der Waals surface area contributed by atoms with Crippen LogP contribution < -0.4 is 5.32 Å². The van der Waals surface area contributed by atoms with Gasteiger partial charge in [0.1, 0.15) is 11.6 Å². The number of benzene rings is 1. The molecule has 0 radical (unpaired) electrons. The summed E-state index contributed by atoms with van der Waals surface area (Å²) in [5.41, 5.74) is 2.55. The van der Waals surface area contributed by atoms with Crippen LogP contribution in [-0.2, 0) is 6.42 Å². The van der Waals surface area contributed by atoms with E-state index in [1.165, 1.54) is 12.1 Å². The molecule has 0 aliphatic heterocycles. The predicted molar refractivity (Wildman–Crippen MR) is 93.6 cm³/mol. The van der Waals surface area contributed by atoms with Gasteiger partial charge in [-0.1, -0.05) is 17.7 Å². The Morgan fingerprint density at radius 1 is 1.17 bits per heavy atom. The number of nitrogens with one attached hydrogen (secondary N) is 1. The van der Waals surface area contributed by atoms with Crippen LogP contribution >= 0.6 is 11.6 Å². The molecule has 0 saturated carbocycles. The lowest BCUT2D eigenvalue weighted by Gasteiger charge is -2.09. The first-order valence-electron chi connectivity index (χ1n) is 7.56. The molecule has 2 aromatic heterocycles. The second kappa shape index (κ2) is 7.36. The van der Waals surface area contributed by atoms with Crippen LogP contribution in [0.2, 0.25) is 5.02 Å². The fourth-order valence-corrected chi connectivity index (χ4v) is 2.42. The van der Waals surface area contributed by atoms with Gasteiger partial charge in [0.05, 0.1) is 5.02 Å². The standard InChI is InChI=1S/C18H16ClFN4/c1-12-9-17(22-8-6-13-3-2-7-21-11-13)24-18(23-12)14-4-5-15(19)16(20)10-14/h2-5,7,9-11H,6,8H2,1H3,(H,22,23,24). The maximum absolute atomic E-state index is 13.6. The number of anilines is 1. The lowest BCUT2D eigenvalue weighted by atomic mass is 10.2. The molecule has 0 fully saturated rings. The van der Waals surface area contributed by atoms with Gasteiger partial charge in [-0.15, -0.1) is 0 Å². The average molecular weight is 343 g/mol.